The molecule has 1 amide bonds. The molecule has 2 aromatic carbocycles. The number of hydrogen-bond acceptors (Lipinski definition) is 6. The molecule has 7 nitrogen and oxygen atoms in total. The number of benzene rings is 2. The molecule has 1 aliphatic heterocycles. The van der Waals surface area contributed by atoms with Crippen LogP contribution in [-0.4, -0.2) is 73.1 Å². The number of rotatable bonds is 12. The number of nitrogens with one attached hydrogen (secondary N) is 2. The van der Waals surface area contributed by atoms with E-state index in [1.807, 2.05) is 22.6 Å². The number of ether oxygens (including phenoxy) is 1. The zero-order chi connectivity index (χ0) is 27.2. The van der Waals surface area contributed by atoms with Crippen LogP contribution in [0.25, 0.3) is 0 Å². The molecule has 1 fully saturated rings. The lowest BCUT2D eigenvalue weighted by atomic mass is 9.92. The fraction of sp³-hybridized carbons (Fsp3) is 0.462. The normalized spacial score (nSPS) is 14.4. The number of likely N-dealkylation sites (tertiary alicyclic amines) is 1. The number of carbonyl (C=O) groups is 2. The Balaban J connectivity index is 1.70. The third-order valence-electron chi connectivity index (χ3n) is 6.29. The molecule has 0 aliphatic carbocycles. The second-order valence-electron chi connectivity index (χ2n) is 9.03. The first-order valence-electron chi connectivity index (χ1n) is 12.2. The summed E-state index contributed by atoms with van der Waals surface area (Å²) in [6.07, 6.45) is 0.916. The Bertz CT molecular complexity index is 1120. The first kappa shape index (κ1) is 29.2. The summed E-state index contributed by atoms with van der Waals surface area (Å²) in [6.45, 7) is 9.66. The van der Waals surface area contributed by atoms with Crippen LogP contribution in [-0.2, 0) is 9.53 Å². The van der Waals surface area contributed by atoms with Crippen LogP contribution in [0.15, 0.2) is 30.3 Å². The van der Waals surface area contributed by atoms with Crippen LogP contribution in [0.3, 0.4) is 0 Å². The number of esters is 1. The van der Waals surface area contributed by atoms with E-state index in [1.54, 1.807) is 6.07 Å². The number of anilines is 2. The highest BCUT2D eigenvalue weighted by Gasteiger charge is 2.48. The molecule has 0 spiro atoms. The molecule has 0 aromatic heterocycles. The lowest BCUT2D eigenvalue weighted by Gasteiger charge is -2.49. The van der Waals surface area contributed by atoms with Crippen molar-refractivity contribution in [2.75, 3.05) is 51.1 Å². The fourth-order valence-corrected chi connectivity index (χ4v) is 4.79. The highest BCUT2D eigenvalue weighted by molar-refractivity contribution is 14.1. The van der Waals surface area contributed by atoms with Gasteiger partial charge in [0.25, 0.3) is 5.91 Å². The van der Waals surface area contributed by atoms with Gasteiger partial charge in [0, 0.05) is 17.0 Å². The lowest BCUT2D eigenvalue weighted by Crippen LogP contribution is -2.69. The molecular weight excluding hydrogens is 600 g/mol. The van der Waals surface area contributed by atoms with Crippen molar-refractivity contribution < 1.29 is 27.5 Å². The molecule has 0 bridgehead atoms. The van der Waals surface area contributed by atoms with Gasteiger partial charge in [-0.1, -0.05) is 13.8 Å². The molecule has 0 atom stereocenters. The van der Waals surface area contributed by atoms with Gasteiger partial charge in [-0.05, 0) is 85.5 Å². The monoisotopic (exact) mass is 632 g/mol. The minimum atomic E-state index is -1.29. The average molecular weight is 632 g/mol. The molecular formula is C26H32F3IN4O3. The summed E-state index contributed by atoms with van der Waals surface area (Å²) in [5.41, 5.74) is -1.61. The molecule has 11 heteroatoms. The first-order chi connectivity index (χ1) is 17.6. The standard InChI is InChI=1S/C26H32F3IN4O3/c1-4-33(5-2)12-6-11-31-14-26(37-17(3)35)15-34(16-26)25(36)19-8-9-20(27)23(29)24(19)32-22-10-7-18(30)13-21(22)28/h7-10,13,31-32H,4-6,11-12,14-16H2,1-3H3. The maximum atomic E-state index is 14.8. The van der Waals surface area contributed by atoms with Crippen molar-refractivity contribution in [3.63, 3.8) is 0 Å². The Hall–Kier alpha value is -2.38. The van der Waals surface area contributed by atoms with Crippen molar-refractivity contribution in [3.05, 3.63) is 56.9 Å². The molecule has 1 saturated heterocycles. The summed E-state index contributed by atoms with van der Waals surface area (Å²) in [5.74, 6) is -4.18. The minimum absolute atomic E-state index is 0.0881. The number of nitrogens with zero attached hydrogens (tertiary/aromatic N) is 2. The number of carbonyl (C=O) groups excluding carboxylic acids is 2. The zero-order valence-corrected chi connectivity index (χ0v) is 23.3. The van der Waals surface area contributed by atoms with E-state index in [4.69, 9.17) is 4.74 Å². The van der Waals surface area contributed by atoms with Gasteiger partial charge < -0.3 is 25.2 Å². The van der Waals surface area contributed by atoms with Crippen LogP contribution in [0.1, 0.15) is 37.6 Å². The molecule has 1 heterocycles. The third-order valence-corrected chi connectivity index (χ3v) is 6.96. The van der Waals surface area contributed by atoms with Crippen molar-refractivity contribution >= 4 is 45.8 Å². The summed E-state index contributed by atoms with van der Waals surface area (Å²) in [4.78, 5) is 28.7. The van der Waals surface area contributed by atoms with E-state index < -0.39 is 40.6 Å². The van der Waals surface area contributed by atoms with Gasteiger partial charge in [0.1, 0.15) is 5.82 Å². The predicted octanol–water partition coefficient (Wildman–Crippen LogP) is 4.53. The molecule has 3 rings (SSSR count). The van der Waals surface area contributed by atoms with Crippen LogP contribution >= 0.6 is 22.6 Å². The van der Waals surface area contributed by atoms with Crippen molar-refractivity contribution in [3.8, 4) is 0 Å². The zero-order valence-electron chi connectivity index (χ0n) is 21.2. The van der Waals surface area contributed by atoms with Crippen molar-refractivity contribution in [1.82, 2.24) is 15.1 Å². The van der Waals surface area contributed by atoms with Crippen LogP contribution < -0.4 is 10.6 Å². The van der Waals surface area contributed by atoms with Gasteiger partial charge in [-0.3, -0.25) is 9.59 Å². The lowest BCUT2D eigenvalue weighted by molar-refractivity contribution is -0.172. The van der Waals surface area contributed by atoms with E-state index >= 15 is 0 Å². The van der Waals surface area contributed by atoms with Crippen LogP contribution in [0.4, 0.5) is 24.5 Å². The van der Waals surface area contributed by atoms with Crippen molar-refractivity contribution in [1.29, 1.82) is 0 Å². The highest BCUT2D eigenvalue weighted by Crippen LogP contribution is 2.33. The Morgan fingerprint density at radius 3 is 2.43 bits per heavy atom. The van der Waals surface area contributed by atoms with E-state index in [0.29, 0.717) is 16.7 Å². The molecule has 37 heavy (non-hydrogen) atoms. The van der Waals surface area contributed by atoms with E-state index in [0.717, 1.165) is 38.2 Å². The van der Waals surface area contributed by atoms with Crippen LogP contribution in [0.2, 0.25) is 0 Å². The SMILES string of the molecule is CCN(CC)CCCNCC1(OC(C)=O)CN(C(=O)c2ccc(F)c(F)c2Nc2ccc(I)cc2F)C1. The summed E-state index contributed by atoms with van der Waals surface area (Å²) in [7, 11) is 0. The molecule has 0 saturated carbocycles. The highest BCUT2D eigenvalue weighted by atomic mass is 127. The Morgan fingerprint density at radius 1 is 1.11 bits per heavy atom. The number of halogens is 4. The van der Waals surface area contributed by atoms with Gasteiger partial charge >= 0.3 is 5.97 Å². The largest absolute Gasteiger partial charge is 0.454 e. The average Bonchev–Trinajstić information content (AvgIpc) is 2.83. The summed E-state index contributed by atoms with van der Waals surface area (Å²) in [6, 6.07) is 6.23. The second-order valence-corrected chi connectivity index (χ2v) is 10.3. The topological polar surface area (TPSA) is 73.9 Å². The van der Waals surface area contributed by atoms with Gasteiger partial charge in [-0.25, -0.2) is 13.2 Å². The van der Waals surface area contributed by atoms with Crippen molar-refractivity contribution in [2.45, 2.75) is 32.8 Å². The van der Waals surface area contributed by atoms with E-state index in [9.17, 15) is 22.8 Å². The van der Waals surface area contributed by atoms with E-state index in [2.05, 4.69) is 29.4 Å². The van der Waals surface area contributed by atoms with Gasteiger partial charge in [-0.2, -0.15) is 0 Å². The Labute approximate surface area is 228 Å². The first-order valence-corrected chi connectivity index (χ1v) is 13.3. The van der Waals surface area contributed by atoms with Gasteiger partial charge in [-0.15, -0.1) is 0 Å². The minimum Gasteiger partial charge on any atom is -0.454 e. The summed E-state index contributed by atoms with van der Waals surface area (Å²) >= 11 is 1.93. The van der Waals surface area contributed by atoms with E-state index in [1.165, 1.54) is 24.0 Å². The molecule has 0 unspecified atom stereocenters. The molecule has 2 N–H and O–H groups in total. The molecule has 2 aromatic rings. The van der Waals surface area contributed by atoms with Crippen LogP contribution in [0, 0.1) is 21.0 Å². The maximum absolute atomic E-state index is 14.8. The third kappa shape index (κ3) is 7.35. The Morgan fingerprint density at radius 2 is 1.81 bits per heavy atom. The quantitative estimate of drug-likeness (QED) is 0.204. The summed E-state index contributed by atoms with van der Waals surface area (Å²) in [5, 5.41) is 5.84. The van der Waals surface area contributed by atoms with Crippen molar-refractivity contribution in [2.24, 2.45) is 0 Å². The molecule has 202 valence electrons. The molecule has 0 radical (unpaired) electrons. The smallest absolute Gasteiger partial charge is 0.303 e. The fourth-order valence-electron chi connectivity index (χ4n) is 4.34. The molecule has 1 aliphatic rings. The second kappa shape index (κ2) is 12.9. The number of hydrogen-bond donors (Lipinski definition) is 2. The van der Waals surface area contributed by atoms with Crippen LogP contribution in [0.5, 0.6) is 0 Å². The Kier molecular flexibility index (Phi) is 10.2. The summed E-state index contributed by atoms with van der Waals surface area (Å²) < 4.78 is 49.4. The van der Waals surface area contributed by atoms with Gasteiger partial charge in [0.2, 0.25) is 0 Å². The van der Waals surface area contributed by atoms with E-state index in [-0.39, 0.29) is 24.3 Å². The van der Waals surface area contributed by atoms with Gasteiger partial charge in [0.15, 0.2) is 17.2 Å². The number of amides is 1. The maximum Gasteiger partial charge on any atom is 0.303 e. The predicted molar refractivity (Wildman–Crippen MR) is 144 cm³/mol. The van der Waals surface area contributed by atoms with Gasteiger partial charge in [0.05, 0.1) is 30.0 Å².